The minimum absolute atomic E-state index is 0.140. The molecule has 1 fully saturated rings. The molecule has 0 aromatic heterocycles. The lowest BCUT2D eigenvalue weighted by atomic mass is 10.0. The van der Waals surface area contributed by atoms with Crippen LogP contribution in [0.5, 0.6) is 0 Å². The average molecular weight is 246 g/mol. The van der Waals surface area contributed by atoms with E-state index < -0.39 is 0 Å². The van der Waals surface area contributed by atoms with Crippen LogP contribution in [0.15, 0.2) is 24.3 Å². The Bertz CT molecular complexity index is 411. The highest BCUT2D eigenvalue weighted by Gasteiger charge is 2.25. The van der Waals surface area contributed by atoms with E-state index in [2.05, 4.69) is 13.8 Å². The molecule has 3 nitrogen and oxygen atoms in total. The molecule has 1 aliphatic heterocycles. The van der Waals surface area contributed by atoms with Gasteiger partial charge >= 0.3 is 0 Å². The van der Waals surface area contributed by atoms with E-state index in [1.54, 1.807) is 0 Å². The van der Waals surface area contributed by atoms with E-state index in [1.165, 1.54) is 5.56 Å². The van der Waals surface area contributed by atoms with Gasteiger partial charge in [-0.25, -0.2) is 0 Å². The number of likely N-dealkylation sites (tertiary alicyclic amines) is 1. The van der Waals surface area contributed by atoms with Crippen LogP contribution in [0.4, 0.5) is 0 Å². The summed E-state index contributed by atoms with van der Waals surface area (Å²) >= 11 is 0. The van der Waals surface area contributed by atoms with E-state index in [0.717, 1.165) is 25.1 Å². The molecule has 1 heterocycles. The van der Waals surface area contributed by atoms with Crippen molar-refractivity contribution in [3.05, 3.63) is 35.4 Å². The van der Waals surface area contributed by atoms with Crippen molar-refractivity contribution in [2.45, 2.75) is 26.2 Å². The van der Waals surface area contributed by atoms with Crippen LogP contribution in [0.1, 0.15) is 42.1 Å². The third-order valence-corrected chi connectivity index (χ3v) is 3.73. The lowest BCUT2D eigenvalue weighted by Gasteiger charge is -2.16. The number of nitrogens with two attached hydrogens (primary N) is 1. The summed E-state index contributed by atoms with van der Waals surface area (Å²) in [5.41, 5.74) is 7.71. The van der Waals surface area contributed by atoms with Gasteiger partial charge in [0, 0.05) is 18.7 Å². The van der Waals surface area contributed by atoms with Gasteiger partial charge in [-0.15, -0.1) is 0 Å². The molecule has 0 spiro atoms. The Morgan fingerprint density at radius 1 is 1.39 bits per heavy atom. The van der Waals surface area contributed by atoms with Crippen LogP contribution in [0.25, 0.3) is 0 Å². The third-order valence-electron chi connectivity index (χ3n) is 3.73. The van der Waals surface area contributed by atoms with Gasteiger partial charge in [0.15, 0.2) is 0 Å². The number of carbonyl (C=O) groups is 1. The summed E-state index contributed by atoms with van der Waals surface area (Å²) in [6.45, 7) is 6.64. The predicted molar refractivity (Wildman–Crippen MR) is 73.6 cm³/mol. The number of nitrogens with zero attached hydrogens (tertiary/aromatic N) is 1. The fourth-order valence-corrected chi connectivity index (χ4v) is 2.40. The standard InChI is InChI=1S/C15H22N2O/c1-11(2)13-3-5-14(6-4-13)15(18)17-8-7-12(9-16)10-17/h3-6,11-12H,7-10,16H2,1-2H3. The first-order valence-corrected chi connectivity index (χ1v) is 6.71. The molecule has 98 valence electrons. The molecule has 3 heteroatoms. The minimum Gasteiger partial charge on any atom is -0.338 e. The van der Waals surface area contributed by atoms with Gasteiger partial charge < -0.3 is 10.6 Å². The molecule has 1 aromatic rings. The molecule has 0 bridgehead atoms. The third kappa shape index (κ3) is 2.72. The van der Waals surface area contributed by atoms with Crippen LogP contribution in [-0.2, 0) is 0 Å². The first kappa shape index (κ1) is 13.1. The molecular formula is C15H22N2O. The maximum atomic E-state index is 12.3. The van der Waals surface area contributed by atoms with Gasteiger partial charge in [-0.05, 0) is 42.5 Å². The van der Waals surface area contributed by atoms with Crippen molar-refractivity contribution in [3.63, 3.8) is 0 Å². The summed E-state index contributed by atoms with van der Waals surface area (Å²) in [7, 11) is 0. The highest BCUT2D eigenvalue weighted by Crippen LogP contribution is 2.19. The topological polar surface area (TPSA) is 46.3 Å². The molecule has 2 N–H and O–H groups in total. The Morgan fingerprint density at radius 3 is 2.56 bits per heavy atom. The van der Waals surface area contributed by atoms with Gasteiger partial charge in [-0.2, -0.15) is 0 Å². The second kappa shape index (κ2) is 5.53. The number of carbonyl (C=O) groups excluding carboxylic acids is 1. The highest BCUT2D eigenvalue weighted by atomic mass is 16.2. The van der Waals surface area contributed by atoms with Gasteiger partial charge in [0.25, 0.3) is 5.91 Å². The van der Waals surface area contributed by atoms with E-state index in [-0.39, 0.29) is 5.91 Å². The van der Waals surface area contributed by atoms with Crippen molar-refractivity contribution in [1.82, 2.24) is 4.90 Å². The average Bonchev–Trinajstić information content (AvgIpc) is 2.86. The smallest absolute Gasteiger partial charge is 0.253 e. The fraction of sp³-hybridized carbons (Fsp3) is 0.533. The summed E-state index contributed by atoms with van der Waals surface area (Å²) < 4.78 is 0. The van der Waals surface area contributed by atoms with E-state index in [9.17, 15) is 4.79 Å². The number of amides is 1. The molecular weight excluding hydrogens is 224 g/mol. The van der Waals surface area contributed by atoms with E-state index in [0.29, 0.717) is 18.4 Å². The van der Waals surface area contributed by atoms with Crippen molar-refractivity contribution in [3.8, 4) is 0 Å². The van der Waals surface area contributed by atoms with Crippen molar-refractivity contribution in [2.24, 2.45) is 11.7 Å². The summed E-state index contributed by atoms with van der Waals surface area (Å²) in [6, 6.07) is 7.98. The predicted octanol–water partition coefficient (Wildman–Crippen LogP) is 2.23. The van der Waals surface area contributed by atoms with Crippen LogP contribution < -0.4 is 5.73 Å². The number of hydrogen-bond acceptors (Lipinski definition) is 2. The second-order valence-electron chi connectivity index (χ2n) is 5.42. The summed E-state index contributed by atoms with van der Waals surface area (Å²) in [5, 5.41) is 0. The monoisotopic (exact) mass is 246 g/mol. The largest absolute Gasteiger partial charge is 0.338 e. The second-order valence-corrected chi connectivity index (χ2v) is 5.42. The maximum Gasteiger partial charge on any atom is 0.253 e. The molecule has 1 amide bonds. The lowest BCUT2D eigenvalue weighted by molar-refractivity contribution is 0.0787. The molecule has 1 atom stereocenters. The molecule has 0 aliphatic carbocycles. The van der Waals surface area contributed by atoms with Crippen LogP contribution in [0.2, 0.25) is 0 Å². The molecule has 2 rings (SSSR count). The summed E-state index contributed by atoms with van der Waals surface area (Å²) in [5.74, 6) is 1.12. The molecule has 1 aliphatic rings. The molecule has 1 aromatic carbocycles. The van der Waals surface area contributed by atoms with Crippen LogP contribution >= 0.6 is 0 Å². The normalized spacial score (nSPS) is 19.6. The minimum atomic E-state index is 0.140. The molecule has 1 saturated heterocycles. The number of hydrogen-bond donors (Lipinski definition) is 1. The fourth-order valence-electron chi connectivity index (χ4n) is 2.40. The van der Waals surface area contributed by atoms with Gasteiger partial charge in [0.05, 0.1) is 0 Å². The van der Waals surface area contributed by atoms with Crippen LogP contribution in [0.3, 0.4) is 0 Å². The van der Waals surface area contributed by atoms with Gasteiger partial charge in [-0.1, -0.05) is 26.0 Å². The van der Waals surface area contributed by atoms with Crippen molar-refractivity contribution >= 4 is 5.91 Å². The van der Waals surface area contributed by atoms with Crippen molar-refractivity contribution in [2.75, 3.05) is 19.6 Å². The molecule has 0 saturated carbocycles. The van der Waals surface area contributed by atoms with Gasteiger partial charge in [-0.3, -0.25) is 4.79 Å². The van der Waals surface area contributed by atoms with E-state index in [1.807, 2.05) is 29.2 Å². The Morgan fingerprint density at radius 2 is 2.06 bits per heavy atom. The van der Waals surface area contributed by atoms with Crippen molar-refractivity contribution < 1.29 is 4.79 Å². The van der Waals surface area contributed by atoms with Crippen molar-refractivity contribution in [1.29, 1.82) is 0 Å². The van der Waals surface area contributed by atoms with Crippen LogP contribution in [-0.4, -0.2) is 30.4 Å². The van der Waals surface area contributed by atoms with Crippen LogP contribution in [0, 0.1) is 5.92 Å². The van der Waals surface area contributed by atoms with E-state index >= 15 is 0 Å². The Labute approximate surface area is 109 Å². The Kier molecular flexibility index (Phi) is 4.02. The number of rotatable bonds is 3. The quantitative estimate of drug-likeness (QED) is 0.889. The number of benzene rings is 1. The Hall–Kier alpha value is -1.35. The zero-order valence-electron chi connectivity index (χ0n) is 11.2. The SMILES string of the molecule is CC(C)c1ccc(C(=O)N2CCC(CN)C2)cc1. The summed E-state index contributed by atoms with van der Waals surface area (Å²) in [4.78, 5) is 14.2. The zero-order valence-corrected chi connectivity index (χ0v) is 11.2. The first-order chi connectivity index (χ1) is 8.61. The van der Waals surface area contributed by atoms with Gasteiger partial charge in [0.2, 0.25) is 0 Å². The first-order valence-electron chi connectivity index (χ1n) is 6.71. The maximum absolute atomic E-state index is 12.3. The highest BCUT2D eigenvalue weighted by molar-refractivity contribution is 5.94. The molecule has 0 radical (unpaired) electrons. The Balaban J connectivity index is 2.05. The lowest BCUT2D eigenvalue weighted by Crippen LogP contribution is -2.29. The summed E-state index contributed by atoms with van der Waals surface area (Å²) in [6.07, 6.45) is 1.03. The van der Waals surface area contributed by atoms with Gasteiger partial charge in [0.1, 0.15) is 0 Å². The molecule has 1 unspecified atom stereocenters. The zero-order chi connectivity index (χ0) is 13.1. The van der Waals surface area contributed by atoms with E-state index in [4.69, 9.17) is 5.73 Å². The molecule has 18 heavy (non-hydrogen) atoms.